The second kappa shape index (κ2) is 8.90. The second-order valence-electron chi connectivity index (χ2n) is 8.92. The van der Waals surface area contributed by atoms with Crippen molar-refractivity contribution < 1.29 is 5.11 Å². The Balaban J connectivity index is 1.64. The molecule has 3 aromatic rings. The van der Waals surface area contributed by atoms with E-state index in [-0.39, 0.29) is 12.1 Å². The average molecular weight is 430 g/mol. The summed E-state index contributed by atoms with van der Waals surface area (Å²) in [5.41, 5.74) is 12.6. The van der Waals surface area contributed by atoms with Crippen molar-refractivity contribution >= 4 is 17.3 Å². The van der Waals surface area contributed by atoms with Gasteiger partial charge in [0.2, 0.25) is 0 Å². The van der Waals surface area contributed by atoms with Gasteiger partial charge in [0.25, 0.3) is 0 Å². The average Bonchev–Trinajstić information content (AvgIpc) is 3.18. The number of rotatable bonds is 5. The van der Waals surface area contributed by atoms with Gasteiger partial charge in [-0.2, -0.15) is 0 Å². The first-order valence-electron chi connectivity index (χ1n) is 11.5. The lowest BCUT2D eigenvalue weighted by Gasteiger charge is -2.31. The molecule has 1 unspecified atom stereocenters. The van der Waals surface area contributed by atoms with E-state index < -0.39 is 6.23 Å². The summed E-state index contributed by atoms with van der Waals surface area (Å²) < 4.78 is 0. The Bertz CT molecular complexity index is 1100. The van der Waals surface area contributed by atoms with Gasteiger partial charge in [-0.05, 0) is 48.6 Å². The van der Waals surface area contributed by atoms with Gasteiger partial charge in [-0.3, -0.25) is 5.32 Å². The molecule has 6 N–H and O–H groups in total. The van der Waals surface area contributed by atoms with Crippen LogP contribution in [0.2, 0.25) is 0 Å². The zero-order valence-electron chi connectivity index (χ0n) is 18.4. The number of aromatic nitrogens is 1. The number of nitrogens with zero attached hydrogens (tertiary/aromatic N) is 1. The lowest BCUT2D eigenvalue weighted by atomic mass is 9.90. The van der Waals surface area contributed by atoms with Crippen LogP contribution in [-0.2, 0) is 6.54 Å². The Hall–Kier alpha value is -2.93. The van der Waals surface area contributed by atoms with E-state index in [1.54, 1.807) is 0 Å². The largest absolute Gasteiger partial charge is 0.374 e. The molecular formula is C26H31N5O. The number of pyridine rings is 1. The Morgan fingerprint density at radius 1 is 1.03 bits per heavy atom. The number of benzene rings is 2. The molecule has 0 saturated heterocycles. The second-order valence-corrected chi connectivity index (χ2v) is 8.92. The fraction of sp³-hybridized carbons (Fsp3) is 0.346. The summed E-state index contributed by atoms with van der Waals surface area (Å²) in [7, 11) is 0. The summed E-state index contributed by atoms with van der Waals surface area (Å²) in [5.74, 6) is 1.50. The van der Waals surface area contributed by atoms with Crippen LogP contribution in [0, 0.1) is 6.92 Å². The quantitative estimate of drug-likeness (QED) is 0.408. The summed E-state index contributed by atoms with van der Waals surface area (Å²) >= 11 is 0. The Labute approximate surface area is 189 Å². The molecule has 6 nitrogen and oxygen atoms in total. The standard InChI is InChI=1S/C26H31N5O/c1-16-8-7-11-18(14-16)29-25-23-19(15-28-26(23)32)22(17-9-3-2-4-10-17)24(31-25)30-21-13-6-5-12-20(21)27/h2-4,7-11,14,20-21,26,28,32H,5-6,12-13,15,27H2,1H3,(H2,29,30,31)/t20-,21+,26?/m0/s1. The van der Waals surface area contributed by atoms with Crippen LogP contribution in [0.1, 0.15) is 48.6 Å². The highest BCUT2D eigenvalue weighted by Crippen LogP contribution is 2.42. The van der Waals surface area contributed by atoms with E-state index in [1.165, 1.54) is 12.8 Å². The molecule has 166 valence electrons. The molecule has 1 fully saturated rings. The smallest absolute Gasteiger partial charge is 0.140 e. The SMILES string of the molecule is Cc1cccc(Nc2nc(N[C@@H]3CCCC[C@@H]3N)c(-c3ccccc3)c3c2C(O)NC3)c1. The van der Waals surface area contributed by atoms with Crippen LogP contribution in [-0.4, -0.2) is 22.2 Å². The molecule has 0 amide bonds. The molecule has 1 aromatic heterocycles. The molecule has 1 aliphatic heterocycles. The van der Waals surface area contributed by atoms with Crippen LogP contribution in [0.25, 0.3) is 11.1 Å². The van der Waals surface area contributed by atoms with Crippen molar-refractivity contribution in [2.75, 3.05) is 10.6 Å². The van der Waals surface area contributed by atoms with Gasteiger partial charge in [0, 0.05) is 35.4 Å². The van der Waals surface area contributed by atoms with E-state index in [2.05, 4.69) is 47.1 Å². The minimum atomic E-state index is -0.766. The van der Waals surface area contributed by atoms with Crippen LogP contribution in [0.15, 0.2) is 54.6 Å². The Morgan fingerprint density at radius 3 is 2.62 bits per heavy atom. The molecule has 2 aliphatic rings. The lowest BCUT2D eigenvalue weighted by molar-refractivity contribution is 0.152. The maximum atomic E-state index is 10.8. The summed E-state index contributed by atoms with van der Waals surface area (Å²) in [6, 6.07) is 18.8. The van der Waals surface area contributed by atoms with Crippen LogP contribution < -0.4 is 21.7 Å². The lowest BCUT2D eigenvalue weighted by Crippen LogP contribution is -2.42. The number of fused-ring (bicyclic) bond motifs is 1. The highest BCUT2D eigenvalue weighted by Gasteiger charge is 2.31. The van der Waals surface area contributed by atoms with Gasteiger partial charge in [-0.25, -0.2) is 4.98 Å². The third kappa shape index (κ3) is 4.09. The van der Waals surface area contributed by atoms with Gasteiger partial charge >= 0.3 is 0 Å². The number of nitrogens with two attached hydrogens (primary N) is 1. The normalized spacial score (nSPS) is 22.4. The highest BCUT2D eigenvalue weighted by molar-refractivity contribution is 5.84. The minimum Gasteiger partial charge on any atom is -0.374 e. The monoisotopic (exact) mass is 429 g/mol. The molecule has 0 radical (unpaired) electrons. The molecular weight excluding hydrogens is 398 g/mol. The van der Waals surface area contributed by atoms with Crippen LogP contribution in [0.5, 0.6) is 0 Å². The van der Waals surface area contributed by atoms with Gasteiger partial charge in [0.05, 0.1) is 0 Å². The maximum absolute atomic E-state index is 10.8. The molecule has 0 spiro atoms. The summed E-state index contributed by atoms with van der Waals surface area (Å²) in [4.78, 5) is 5.05. The minimum absolute atomic E-state index is 0.110. The number of nitrogens with one attached hydrogen (secondary N) is 3. The fourth-order valence-electron chi connectivity index (χ4n) is 4.92. The molecule has 1 aliphatic carbocycles. The van der Waals surface area contributed by atoms with Crippen LogP contribution in [0.4, 0.5) is 17.3 Å². The molecule has 3 atom stereocenters. The number of hydrogen-bond acceptors (Lipinski definition) is 6. The van der Waals surface area contributed by atoms with E-state index in [9.17, 15) is 5.11 Å². The summed E-state index contributed by atoms with van der Waals surface area (Å²) in [5, 5.41) is 21.1. The fourth-order valence-corrected chi connectivity index (χ4v) is 4.92. The molecule has 0 bridgehead atoms. The predicted molar refractivity (Wildman–Crippen MR) is 130 cm³/mol. The van der Waals surface area contributed by atoms with Crippen molar-refractivity contribution in [3.05, 3.63) is 71.3 Å². The molecule has 2 aromatic carbocycles. The first-order chi connectivity index (χ1) is 15.6. The zero-order valence-corrected chi connectivity index (χ0v) is 18.4. The number of aliphatic hydroxyl groups is 1. The van der Waals surface area contributed by atoms with Gasteiger partial charge in [-0.15, -0.1) is 0 Å². The number of aliphatic hydroxyl groups excluding tert-OH is 1. The Morgan fingerprint density at radius 2 is 1.84 bits per heavy atom. The van der Waals surface area contributed by atoms with Crippen molar-refractivity contribution in [1.82, 2.24) is 10.3 Å². The molecule has 2 heterocycles. The van der Waals surface area contributed by atoms with E-state index in [1.807, 2.05) is 30.3 Å². The predicted octanol–water partition coefficient (Wildman–Crippen LogP) is 4.58. The number of anilines is 3. The third-order valence-electron chi connectivity index (χ3n) is 6.57. The molecule has 1 saturated carbocycles. The summed E-state index contributed by atoms with van der Waals surface area (Å²) in [6.07, 6.45) is 3.65. The van der Waals surface area contributed by atoms with Crippen LogP contribution in [0.3, 0.4) is 0 Å². The Kier molecular flexibility index (Phi) is 5.83. The van der Waals surface area contributed by atoms with Crippen molar-refractivity contribution in [2.24, 2.45) is 5.73 Å². The van der Waals surface area contributed by atoms with E-state index in [0.717, 1.165) is 52.2 Å². The molecule has 32 heavy (non-hydrogen) atoms. The third-order valence-corrected chi connectivity index (χ3v) is 6.57. The van der Waals surface area contributed by atoms with E-state index >= 15 is 0 Å². The molecule has 5 rings (SSSR count). The topological polar surface area (TPSA) is 95.2 Å². The molecule has 6 heteroatoms. The highest BCUT2D eigenvalue weighted by atomic mass is 16.3. The zero-order chi connectivity index (χ0) is 22.1. The van der Waals surface area contributed by atoms with Gasteiger partial charge in [-0.1, -0.05) is 55.3 Å². The van der Waals surface area contributed by atoms with Crippen LogP contribution >= 0.6 is 0 Å². The van der Waals surface area contributed by atoms with Crippen molar-refractivity contribution in [2.45, 2.75) is 57.5 Å². The van der Waals surface area contributed by atoms with Crippen molar-refractivity contribution in [1.29, 1.82) is 0 Å². The van der Waals surface area contributed by atoms with Gasteiger partial charge in [0.15, 0.2) is 0 Å². The van der Waals surface area contributed by atoms with Crippen molar-refractivity contribution in [3.63, 3.8) is 0 Å². The van der Waals surface area contributed by atoms with Gasteiger partial charge in [0.1, 0.15) is 17.9 Å². The van der Waals surface area contributed by atoms with E-state index in [4.69, 9.17) is 10.7 Å². The first-order valence-corrected chi connectivity index (χ1v) is 11.5. The van der Waals surface area contributed by atoms with Crippen molar-refractivity contribution in [3.8, 4) is 11.1 Å². The number of aryl methyl sites for hydroxylation is 1. The van der Waals surface area contributed by atoms with E-state index in [0.29, 0.717) is 12.4 Å². The maximum Gasteiger partial charge on any atom is 0.140 e. The first kappa shape index (κ1) is 20.9. The van der Waals surface area contributed by atoms with Gasteiger partial charge < -0.3 is 21.5 Å². The number of hydrogen-bond donors (Lipinski definition) is 5. The summed E-state index contributed by atoms with van der Waals surface area (Å²) in [6.45, 7) is 2.65.